The van der Waals surface area contributed by atoms with E-state index in [-0.39, 0.29) is 0 Å². The molecule has 0 radical (unpaired) electrons. The fourth-order valence-corrected chi connectivity index (χ4v) is 1.89. The van der Waals surface area contributed by atoms with Gasteiger partial charge in [0, 0.05) is 37.7 Å². The van der Waals surface area contributed by atoms with Crippen LogP contribution >= 0.6 is 11.8 Å². The Bertz CT molecular complexity index is 291. The van der Waals surface area contributed by atoms with Gasteiger partial charge in [0.2, 0.25) is 0 Å². The van der Waals surface area contributed by atoms with Gasteiger partial charge in [-0.15, -0.1) is 0 Å². The fourth-order valence-electron chi connectivity index (χ4n) is 1.44. The van der Waals surface area contributed by atoms with E-state index in [1.165, 1.54) is 5.56 Å². The molecular weight excluding hydrogens is 206 g/mol. The lowest BCUT2D eigenvalue weighted by Gasteiger charge is -2.20. The van der Waals surface area contributed by atoms with E-state index in [1.54, 1.807) is 0 Å². The van der Waals surface area contributed by atoms with E-state index in [0.29, 0.717) is 0 Å². The van der Waals surface area contributed by atoms with Gasteiger partial charge in [-0.3, -0.25) is 0 Å². The van der Waals surface area contributed by atoms with Crippen LogP contribution in [0.5, 0.6) is 0 Å². The molecule has 0 aromatic carbocycles. The molecule has 4 heteroatoms. The van der Waals surface area contributed by atoms with Crippen LogP contribution in [-0.4, -0.2) is 37.6 Å². The topological polar surface area (TPSA) is 28.2 Å². The van der Waals surface area contributed by atoms with Gasteiger partial charge in [0.1, 0.15) is 5.82 Å². The minimum Gasteiger partial charge on any atom is -0.359 e. The van der Waals surface area contributed by atoms with Gasteiger partial charge in [-0.1, -0.05) is 6.07 Å². The lowest BCUT2D eigenvalue weighted by molar-refractivity contribution is 0.801. The Labute approximate surface area is 96.3 Å². The maximum absolute atomic E-state index is 4.43. The summed E-state index contributed by atoms with van der Waals surface area (Å²) in [5, 5.41) is 3.16. The highest BCUT2D eigenvalue weighted by Gasteiger charge is 2.06. The minimum absolute atomic E-state index is 0.868. The van der Waals surface area contributed by atoms with Gasteiger partial charge in [0.05, 0.1) is 0 Å². The number of nitrogens with zero attached hydrogens (tertiary/aromatic N) is 2. The summed E-state index contributed by atoms with van der Waals surface area (Å²) < 4.78 is 0. The van der Waals surface area contributed by atoms with Gasteiger partial charge >= 0.3 is 0 Å². The van der Waals surface area contributed by atoms with E-state index >= 15 is 0 Å². The minimum atomic E-state index is 0.868. The van der Waals surface area contributed by atoms with Crippen LogP contribution in [0.25, 0.3) is 0 Å². The van der Waals surface area contributed by atoms with Crippen LogP contribution in [0.3, 0.4) is 0 Å². The number of hydrogen-bond acceptors (Lipinski definition) is 4. The summed E-state index contributed by atoms with van der Waals surface area (Å²) >= 11 is 1.86. The molecule has 0 amide bonds. The number of thioether (sulfide) groups is 1. The predicted molar refractivity (Wildman–Crippen MR) is 68.7 cm³/mol. The van der Waals surface area contributed by atoms with Crippen molar-refractivity contribution in [1.82, 2.24) is 10.3 Å². The highest BCUT2D eigenvalue weighted by Crippen LogP contribution is 2.15. The lowest BCUT2D eigenvalue weighted by atomic mass is 10.2. The number of anilines is 1. The van der Waals surface area contributed by atoms with Crippen LogP contribution in [0.4, 0.5) is 5.82 Å². The predicted octanol–water partition coefficient (Wildman–Crippen LogP) is 1.60. The van der Waals surface area contributed by atoms with Crippen LogP contribution in [0.15, 0.2) is 18.3 Å². The molecule has 0 unspecified atom stereocenters. The van der Waals surface area contributed by atoms with Gasteiger partial charge in [0.25, 0.3) is 0 Å². The molecule has 0 spiro atoms. The van der Waals surface area contributed by atoms with Crippen molar-refractivity contribution >= 4 is 17.6 Å². The summed E-state index contributed by atoms with van der Waals surface area (Å²) in [4.78, 5) is 6.64. The number of hydrogen-bond donors (Lipinski definition) is 1. The molecule has 0 bridgehead atoms. The number of rotatable bonds is 6. The average Bonchev–Trinajstić information content (AvgIpc) is 2.27. The molecule has 0 aliphatic heterocycles. The van der Waals surface area contributed by atoms with Crippen molar-refractivity contribution in [2.24, 2.45) is 0 Å². The Morgan fingerprint density at radius 1 is 1.53 bits per heavy atom. The average molecular weight is 225 g/mol. The SMILES string of the molecule is CNCc1cccnc1N(C)CCSC. The second-order valence-corrected chi connectivity index (χ2v) is 4.42. The van der Waals surface area contributed by atoms with Crippen molar-refractivity contribution in [1.29, 1.82) is 0 Å². The maximum atomic E-state index is 4.43. The number of pyridine rings is 1. The second kappa shape index (κ2) is 6.69. The van der Waals surface area contributed by atoms with E-state index < -0.39 is 0 Å². The molecule has 84 valence electrons. The van der Waals surface area contributed by atoms with Gasteiger partial charge < -0.3 is 10.2 Å². The third-order valence-electron chi connectivity index (χ3n) is 2.23. The molecule has 1 aromatic rings. The smallest absolute Gasteiger partial charge is 0.132 e. The van der Waals surface area contributed by atoms with Crippen molar-refractivity contribution in [2.75, 3.05) is 37.5 Å². The molecule has 1 aromatic heterocycles. The molecule has 0 aliphatic rings. The zero-order valence-electron chi connectivity index (χ0n) is 9.66. The first kappa shape index (κ1) is 12.3. The van der Waals surface area contributed by atoms with Crippen LogP contribution in [0.2, 0.25) is 0 Å². The fraction of sp³-hybridized carbons (Fsp3) is 0.545. The molecule has 0 fully saturated rings. The second-order valence-electron chi connectivity index (χ2n) is 3.43. The summed E-state index contributed by atoms with van der Waals surface area (Å²) in [6.07, 6.45) is 3.98. The maximum Gasteiger partial charge on any atom is 0.132 e. The monoisotopic (exact) mass is 225 g/mol. The highest BCUT2D eigenvalue weighted by molar-refractivity contribution is 7.98. The van der Waals surface area contributed by atoms with Crippen LogP contribution < -0.4 is 10.2 Å². The van der Waals surface area contributed by atoms with Gasteiger partial charge in [0.15, 0.2) is 0 Å². The summed E-state index contributed by atoms with van der Waals surface area (Å²) in [6.45, 7) is 1.90. The zero-order chi connectivity index (χ0) is 11.1. The first-order chi connectivity index (χ1) is 7.29. The van der Waals surface area contributed by atoms with E-state index in [0.717, 1.165) is 24.7 Å². The van der Waals surface area contributed by atoms with Crippen molar-refractivity contribution in [2.45, 2.75) is 6.54 Å². The zero-order valence-corrected chi connectivity index (χ0v) is 10.5. The Hall–Kier alpha value is -0.740. The molecule has 1 rings (SSSR count). The van der Waals surface area contributed by atoms with Gasteiger partial charge in [-0.05, 0) is 19.4 Å². The molecule has 15 heavy (non-hydrogen) atoms. The molecule has 0 atom stereocenters. The summed E-state index contributed by atoms with van der Waals surface area (Å²) in [5.41, 5.74) is 1.25. The van der Waals surface area contributed by atoms with Gasteiger partial charge in [-0.25, -0.2) is 4.98 Å². The van der Waals surface area contributed by atoms with Crippen molar-refractivity contribution in [3.05, 3.63) is 23.9 Å². The lowest BCUT2D eigenvalue weighted by Crippen LogP contribution is -2.23. The summed E-state index contributed by atoms with van der Waals surface area (Å²) in [5.74, 6) is 2.22. The van der Waals surface area contributed by atoms with Crippen LogP contribution in [0.1, 0.15) is 5.56 Å². The molecule has 0 saturated heterocycles. The number of nitrogens with one attached hydrogen (secondary N) is 1. The first-order valence-corrected chi connectivity index (χ1v) is 6.47. The standard InChI is InChI=1S/C11H19N3S/c1-12-9-10-5-4-6-13-11(10)14(2)7-8-15-3/h4-6,12H,7-9H2,1-3H3. The first-order valence-electron chi connectivity index (χ1n) is 5.08. The quantitative estimate of drug-likeness (QED) is 0.796. The molecule has 1 N–H and O–H groups in total. The largest absolute Gasteiger partial charge is 0.359 e. The van der Waals surface area contributed by atoms with Crippen molar-refractivity contribution in [3.8, 4) is 0 Å². The van der Waals surface area contributed by atoms with E-state index in [4.69, 9.17) is 0 Å². The van der Waals surface area contributed by atoms with E-state index in [2.05, 4.69) is 34.6 Å². The van der Waals surface area contributed by atoms with Crippen molar-refractivity contribution < 1.29 is 0 Å². The Kier molecular flexibility index (Phi) is 5.50. The Morgan fingerprint density at radius 2 is 2.33 bits per heavy atom. The van der Waals surface area contributed by atoms with E-state index in [1.807, 2.05) is 31.1 Å². The molecule has 1 heterocycles. The van der Waals surface area contributed by atoms with Crippen molar-refractivity contribution in [3.63, 3.8) is 0 Å². The molecule has 3 nitrogen and oxygen atoms in total. The number of aromatic nitrogens is 1. The third-order valence-corrected chi connectivity index (χ3v) is 2.82. The molecule has 0 aliphatic carbocycles. The molecular formula is C11H19N3S. The molecule has 0 saturated carbocycles. The van der Waals surface area contributed by atoms with E-state index in [9.17, 15) is 0 Å². The third kappa shape index (κ3) is 3.72. The Morgan fingerprint density at radius 3 is 3.00 bits per heavy atom. The van der Waals surface area contributed by atoms with Crippen LogP contribution in [-0.2, 0) is 6.54 Å². The normalized spacial score (nSPS) is 10.3. The van der Waals surface area contributed by atoms with Crippen LogP contribution in [0, 0.1) is 0 Å². The highest BCUT2D eigenvalue weighted by atomic mass is 32.2. The van der Waals surface area contributed by atoms with Gasteiger partial charge in [-0.2, -0.15) is 11.8 Å². The summed E-state index contributed by atoms with van der Waals surface area (Å²) in [6, 6.07) is 4.10. The summed E-state index contributed by atoms with van der Waals surface area (Å²) in [7, 11) is 4.05. The Balaban J connectivity index is 2.72.